The van der Waals surface area contributed by atoms with Gasteiger partial charge in [0.2, 0.25) is 0 Å². The van der Waals surface area contributed by atoms with Crippen LogP contribution >= 0.6 is 0 Å². The van der Waals surface area contributed by atoms with Crippen molar-refractivity contribution < 1.29 is 19.2 Å². The molecule has 2 aliphatic rings. The van der Waals surface area contributed by atoms with Crippen molar-refractivity contribution in [2.75, 3.05) is 0 Å². The average Bonchev–Trinajstić information content (AvgIpc) is 2.37. The van der Waals surface area contributed by atoms with Gasteiger partial charge in [0.25, 0.3) is 5.70 Å². The molecule has 1 fully saturated rings. The molecule has 2 atom stereocenters. The average molecular weight is 209 g/mol. The summed E-state index contributed by atoms with van der Waals surface area (Å²) in [6.45, 7) is 1.46. The van der Waals surface area contributed by atoms with Crippen LogP contribution in [0.25, 0.3) is 0 Å². The second-order valence-electron chi connectivity index (χ2n) is 3.63. The molecule has 0 amide bonds. The number of carbonyl (C=O) groups is 2. The van der Waals surface area contributed by atoms with Gasteiger partial charge >= 0.3 is 11.9 Å². The highest BCUT2D eigenvalue weighted by atomic mass is 16.6. The van der Waals surface area contributed by atoms with E-state index in [-0.39, 0.29) is 5.70 Å². The fourth-order valence-electron chi connectivity index (χ4n) is 1.82. The number of nitro groups is 1. The zero-order valence-electron chi connectivity index (χ0n) is 7.80. The number of rotatable bonds is 1. The van der Waals surface area contributed by atoms with Gasteiger partial charge in [0.15, 0.2) is 5.92 Å². The summed E-state index contributed by atoms with van der Waals surface area (Å²) in [5, 5.41) is 10.7. The fraction of sp³-hybridized carbons (Fsp3) is 0.333. The highest BCUT2D eigenvalue weighted by Gasteiger charge is 2.59. The predicted molar refractivity (Wildman–Crippen MR) is 46.9 cm³/mol. The minimum atomic E-state index is -1.23. The zero-order valence-corrected chi connectivity index (χ0v) is 7.80. The van der Waals surface area contributed by atoms with E-state index in [1.54, 1.807) is 0 Å². The van der Waals surface area contributed by atoms with Crippen LogP contribution in [0, 0.1) is 21.4 Å². The van der Waals surface area contributed by atoms with Gasteiger partial charge in [-0.1, -0.05) is 12.2 Å². The molecule has 0 spiro atoms. The second kappa shape index (κ2) is 2.75. The van der Waals surface area contributed by atoms with E-state index in [1.165, 1.54) is 25.2 Å². The molecule has 2 rings (SSSR count). The Morgan fingerprint density at radius 2 is 2.20 bits per heavy atom. The van der Waals surface area contributed by atoms with Crippen molar-refractivity contribution in [2.45, 2.75) is 6.92 Å². The molecular weight excluding hydrogens is 202 g/mol. The summed E-state index contributed by atoms with van der Waals surface area (Å²) < 4.78 is 4.42. The van der Waals surface area contributed by atoms with Crippen molar-refractivity contribution in [3.8, 4) is 0 Å². The molecule has 6 nitrogen and oxygen atoms in total. The van der Waals surface area contributed by atoms with Crippen LogP contribution in [0.15, 0.2) is 23.9 Å². The number of ether oxygens (including phenoxy) is 1. The minimum Gasteiger partial charge on any atom is -0.392 e. The Labute approximate surface area is 84.4 Å². The molecule has 1 aliphatic heterocycles. The zero-order chi connectivity index (χ0) is 11.2. The molecule has 6 heteroatoms. The molecule has 0 aromatic rings. The molecule has 0 bridgehead atoms. The summed E-state index contributed by atoms with van der Waals surface area (Å²) in [4.78, 5) is 32.7. The Morgan fingerprint density at radius 3 is 2.80 bits per heavy atom. The Morgan fingerprint density at radius 1 is 1.53 bits per heavy atom. The maximum absolute atomic E-state index is 11.4. The summed E-state index contributed by atoms with van der Waals surface area (Å²) in [6.07, 6.45) is 4.07. The van der Waals surface area contributed by atoms with Gasteiger partial charge in [-0.05, 0) is 6.92 Å². The van der Waals surface area contributed by atoms with Crippen LogP contribution in [-0.4, -0.2) is 16.9 Å². The highest BCUT2D eigenvalue weighted by Crippen LogP contribution is 2.44. The van der Waals surface area contributed by atoms with Crippen molar-refractivity contribution in [1.29, 1.82) is 0 Å². The molecule has 0 N–H and O–H groups in total. The summed E-state index contributed by atoms with van der Waals surface area (Å²) in [5.74, 6) is -2.71. The number of hydrogen-bond acceptors (Lipinski definition) is 5. The number of cyclic esters (lactones) is 2. The van der Waals surface area contributed by atoms with Crippen LogP contribution in [0.3, 0.4) is 0 Å². The number of esters is 2. The van der Waals surface area contributed by atoms with Crippen molar-refractivity contribution in [3.05, 3.63) is 34.0 Å². The Bertz CT molecular complexity index is 436. The standard InChI is InChI=1S/C9H7NO5/c1-9-4-2-3-5(10(13)14)6(9)7(11)15-8(9)12/h2-4,6H,1H3. The smallest absolute Gasteiger partial charge is 0.329 e. The van der Waals surface area contributed by atoms with E-state index in [0.29, 0.717) is 0 Å². The summed E-state index contributed by atoms with van der Waals surface area (Å²) >= 11 is 0. The van der Waals surface area contributed by atoms with Gasteiger partial charge in [-0.2, -0.15) is 0 Å². The van der Waals surface area contributed by atoms with Crippen molar-refractivity contribution in [3.63, 3.8) is 0 Å². The van der Waals surface area contributed by atoms with E-state index in [0.717, 1.165) is 0 Å². The van der Waals surface area contributed by atoms with E-state index in [2.05, 4.69) is 4.74 Å². The Hall–Kier alpha value is -1.98. The molecule has 0 aromatic heterocycles. The van der Waals surface area contributed by atoms with Gasteiger partial charge in [0, 0.05) is 6.08 Å². The first-order valence-corrected chi connectivity index (χ1v) is 4.27. The maximum Gasteiger partial charge on any atom is 0.329 e. The first-order valence-electron chi connectivity index (χ1n) is 4.27. The Kier molecular flexibility index (Phi) is 1.76. The highest BCUT2D eigenvalue weighted by molar-refractivity contribution is 6.01. The van der Waals surface area contributed by atoms with Crippen molar-refractivity contribution in [2.24, 2.45) is 11.3 Å². The van der Waals surface area contributed by atoms with E-state index in [4.69, 9.17) is 0 Å². The van der Waals surface area contributed by atoms with Crippen molar-refractivity contribution >= 4 is 11.9 Å². The number of fused-ring (bicyclic) bond motifs is 1. The number of hydrogen-bond donors (Lipinski definition) is 0. The first kappa shape index (κ1) is 9.57. The molecule has 2 unspecified atom stereocenters. The molecule has 0 aromatic carbocycles. The third kappa shape index (κ3) is 1.11. The van der Waals surface area contributed by atoms with Gasteiger partial charge < -0.3 is 4.74 Å². The number of carbonyl (C=O) groups excluding carboxylic acids is 2. The summed E-state index contributed by atoms with van der Waals surface area (Å²) in [6, 6.07) is 0. The van der Waals surface area contributed by atoms with Gasteiger partial charge in [-0.25, -0.2) is 0 Å². The SMILES string of the molecule is CC12C=CC=C([N+](=O)[O-])C1C(=O)OC2=O. The van der Waals surface area contributed by atoms with Crippen LogP contribution in [0.1, 0.15) is 6.92 Å². The van der Waals surface area contributed by atoms with Gasteiger partial charge in [0.05, 0.1) is 4.92 Å². The lowest BCUT2D eigenvalue weighted by Crippen LogP contribution is -2.33. The van der Waals surface area contributed by atoms with Crippen molar-refractivity contribution in [1.82, 2.24) is 0 Å². The van der Waals surface area contributed by atoms with E-state index < -0.39 is 28.2 Å². The van der Waals surface area contributed by atoms with E-state index >= 15 is 0 Å². The summed E-state index contributed by atoms with van der Waals surface area (Å²) in [7, 11) is 0. The molecule has 1 saturated heterocycles. The lowest BCUT2D eigenvalue weighted by Gasteiger charge is -2.21. The molecule has 1 aliphatic carbocycles. The molecule has 0 saturated carbocycles. The van der Waals surface area contributed by atoms with Gasteiger partial charge in [-0.15, -0.1) is 0 Å². The van der Waals surface area contributed by atoms with Gasteiger partial charge in [-0.3, -0.25) is 19.7 Å². The molecule has 78 valence electrons. The molecule has 1 heterocycles. The van der Waals surface area contributed by atoms with Crippen LogP contribution in [-0.2, 0) is 14.3 Å². The van der Waals surface area contributed by atoms with E-state index in [9.17, 15) is 19.7 Å². The van der Waals surface area contributed by atoms with Gasteiger partial charge in [0.1, 0.15) is 5.41 Å². The lowest BCUT2D eigenvalue weighted by molar-refractivity contribution is -0.433. The largest absolute Gasteiger partial charge is 0.392 e. The molecular formula is C9H7NO5. The maximum atomic E-state index is 11.4. The second-order valence-corrected chi connectivity index (χ2v) is 3.63. The monoisotopic (exact) mass is 209 g/mol. The quantitative estimate of drug-likeness (QED) is 0.270. The van der Waals surface area contributed by atoms with Crippen LogP contribution in [0.4, 0.5) is 0 Å². The van der Waals surface area contributed by atoms with Crippen LogP contribution in [0.5, 0.6) is 0 Å². The third-order valence-corrected chi connectivity index (χ3v) is 2.68. The normalized spacial score (nSPS) is 33.4. The topological polar surface area (TPSA) is 86.5 Å². The first-order chi connectivity index (χ1) is 6.97. The third-order valence-electron chi connectivity index (χ3n) is 2.68. The van der Waals surface area contributed by atoms with E-state index in [1.807, 2.05) is 0 Å². The van der Waals surface area contributed by atoms with Crippen LogP contribution in [0.2, 0.25) is 0 Å². The molecule has 15 heavy (non-hydrogen) atoms. The minimum absolute atomic E-state index is 0.296. The Balaban J connectivity index is 2.54. The number of nitrogens with zero attached hydrogens (tertiary/aromatic N) is 1. The predicted octanol–water partition coefficient (Wildman–Crippen LogP) is 0.423. The molecule has 0 radical (unpaired) electrons. The fourth-order valence-corrected chi connectivity index (χ4v) is 1.82. The van der Waals surface area contributed by atoms with Crippen LogP contribution < -0.4 is 0 Å². The summed E-state index contributed by atoms with van der Waals surface area (Å²) in [5.41, 5.74) is -1.52. The number of allylic oxidation sites excluding steroid dienone is 2. The lowest BCUT2D eigenvalue weighted by atomic mass is 9.74.